The molecule has 148 valence electrons. The van der Waals surface area contributed by atoms with Crippen LogP contribution in [0.5, 0.6) is 0 Å². The average molecular weight is 389 g/mol. The highest BCUT2D eigenvalue weighted by Gasteiger charge is 2.13. The molecule has 0 radical (unpaired) electrons. The number of aromatic nitrogens is 2. The molecule has 0 aliphatic carbocycles. The number of anilines is 1. The van der Waals surface area contributed by atoms with E-state index in [0.717, 1.165) is 18.7 Å². The second kappa shape index (κ2) is 8.68. The summed E-state index contributed by atoms with van der Waals surface area (Å²) < 4.78 is 0. The number of hydrazone groups is 1. The van der Waals surface area contributed by atoms with Crippen molar-refractivity contribution in [3.05, 3.63) is 70.1 Å². The summed E-state index contributed by atoms with van der Waals surface area (Å²) in [6.07, 6.45) is 6.68. The summed E-state index contributed by atoms with van der Waals surface area (Å²) in [7, 11) is 0. The molecule has 7 nitrogen and oxygen atoms in total. The third kappa shape index (κ3) is 4.34. The molecule has 4 rings (SSSR count). The Balaban J connectivity index is 1.43. The van der Waals surface area contributed by atoms with Crippen molar-refractivity contribution >= 4 is 28.6 Å². The summed E-state index contributed by atoms with van der Waals surface area (Å²) in [6.45, 7) is 2.20. The molecular weight excluding hydrogens is 366 g/mol. The first kappa shape index (κ1) is 18.9. The molecule has 1 aliphatic heterocycles. The van der Waals surface area contributed by atoms with Crippen molar-refractivity contribution in [2.24, 2.45) is 5.10 Å². The van der Waals surface area contributed by atoms with Gasteiger partial charge in [0.1, 0.15) is 0 Å². The lowest BCUT2D eigenvalue weighted by atomic mass is 10.1. The smallest absolute Gasteiger partial charge is 0.292 e. The van der Waals surface area contributed by atoms with Crippen LogP contribution in [0.4, 0.5) is 5.69 Å². The molecular formula is C22H23N5O2. The van der Waals surface area contributed by atoms with Crippen molar-refractivity contribution in [1.82, 2.24) is 15.6 Å². The van der Waals surface area contributed by atoms with Gasteiger partial charge in [-0.05, 0) is 36.6 Å². The zero-order chi connectivity index (χ0) is 20.1. The maximum Gasteiger partial charge on any atom is 0.292 e. The number of nitrogens with one attached hydrogen (secondary N) is 2. The van der Waals surface area contributed by atoms with Gasteiger partial charge in [0.25, 0.3) is 11.5 Å². The normalized spacial score (nSPS) is 14.8. The summed E-state index contributed by atoms with van der Waals surface area (Å²) in [4.78, 5) is 26.7. The van der Waals surface area contributed by atoms with Gasteiger partial charge >= 0.3 is 0 Å². The Labute approximate surface area is 168 Å². The third-order valence-electron chi connectivity index (χ3n) is 5.16. The number of benzene rings is 2. The fraction of sp³-hybridized carbons (Fsp3) is 0.273. The van der Waals surface area contributed by atoms with Crippen LogP contribution in [0, 0.1) is 0 Å². The predicted molar refractivity (Wildman–Crippen MR) is 115 cm³/mol. The summed E-state index contributed by atoms with van der Waals surface area (Å²) in [5.74, 6) is -0.477. The van der Waals surface area contributed by atoms with E-state index in [4.69, 9.17) is 0 Å². The van der Waals surface area contributed by atoms with Crippen molar-refractivity contribution in [2.45, 2.75) is 25.7 Å². The van der Waals surface area contributed by atoms with Crippen molar-refractivity contribution in [3.63, 3.8) is 0 Å². The van der Waals surface area contributed by atoms with E-state index in [1.165, 1.54) is 31.4 Å². The van der Waals surface area contributed by atoms with Gasteiger partial charge in [-0.2, -0.15) is 10.2 Å². The van der Waals surface area contributed by atoms with Gasteiger partial charge < -0.3 is 4.90 Å². The Bertz CT molecular complexity index is 1080. The molecule has 0 atom stereocenters. The van der Waals surface area contributed by atoms with E-state index in [2.05, 4.69) is 37.8 Å². The minimum absolute atomic E-state index is 0.133. The fourth-order valence-electron chi connectivity index (χ4n) is 3.61. The number of hydrogen-bond donors (Lipinski definition) is 2. The van der Waals surface area contributed by atoms with E-state index >= 15 is 0 Å². The van der Waals surface area contributed by atoms with E-state index in [1.54, 1.807) is 30.5 Å². The van der Waals surface area contributed by atoms with Crippen LogP contribution in [-0.4, -0.2) is 35.4 Å². The summed E-state index contributed by atoms with van der Waals surface area (Å²) in [6, 6.07) is 15.0. The number of nitrogens with zero attached hydrogens (tertiary/aromatic N) is 3. The Kier molecular flexibility index (Phi) is 5.65. The van der Waals surface area contributed by atoms with E-state index in [9.17, 15) is 9.59 Å². The van der Waals surface area contributed by atoms with Gasteiger partial charge in [0, 0.05) is 24.2 Å². The maximum atomic E-state index is 12.4. The van der Waals surface area contributed by atoms with Gasteiger partial charge in [-0.15, -0.1) is 0 Å². The van der Waals surface area contributed by atoms with Crippen LogP contribution < -0.4 is 15.9 Å². The lowest BCUT2D eigenvalue weighted by molar-refractivity contribution is 0.0951. The van der Waals surface area contributed by atoms with Crippen LogP contribution in [0.3, 0.4) is 0 Å². The monoisotopic (exact) mass is 389 g/mol. The van der Waals surface area contributed by atoms with E-state index < -0.39 is 5.91 Å². The molecule has 0 bridgehead atoms. The van der Waals surface area contributed by atoms with E-state index in [-0.39, 0.29) is 11.3 Å². The predicted octanol–water partition coefficient (Wildman–Crippen LogP) is 3.07. The molecule has 29 heavy (non-hydrogen) atoms. The molecule has 1 fully saturated rings. The first-order valence-electron chi connectivity index (χ1n) is 9.88. The second-order valence-corrected chi connectivity index (χ2v) is 7.14. The number of aromatic amines is 1. The Morgan fingerprint density at radius 1 is 1.00 bits per heavy atom. The molecule has 0 saturated carbocycles. The molecule has 2 aromatic carbocycles. The highest BCUT2D eigenvalue weighted by atomic mass is 16.2. The molecule has 0 unspecified atom stereocenters. The van der Waals surface area contributed by atoms with Crippen LogP contribution in [0.25, 0.3) is 10.8 Å². The number of hydrogen-bond acceptors (Lipinski definition) is 5. The van der Waals surface area contributed by atoms with Crippen LogP contribution in [0.1, 0.15) is 41.7 Å². The fourth-order valence-corrected chi connectivity index (χ4v) is 3.61. The Morgan fingerprint density at radius 2 is 1.69 bits per heavy atom. The van der Waals surface area contributed by atoms with Crippen LogP contribution in [0.15, 0.2) is 58.4 Å². The molecule has 1 amide bonds. The van der Waals surface area contributed by atoms with E-state index in [0.29, 0.717) is 10.8 Å². The average Bonchev–Trinajstić information content (AvgIpc) is 3.04. The lowest BCUT2D eigenvalue weighted by Gasteiger charge is -2.22. The van der Waals surface area contributed by atoms with Gasteiger partial charge in [0.15, 0.2) is 5.69 Å². The molecule has 0 spiro atoms. The summed E-state index contributed by atoms with van der Waals surface area (Å²) >= 11 is 0. The lowest BCUT2D eigenvalue weighted by Crippen LogP contribution is -2.23. The number of fused-ring (bicyclic) bond motifs is 1. The van der Waals surface area contributed by atoms with Crippen molar-refractivity contribution in [3.8, 4) is 0 Å². The highest BCUT2D eigenvalue weighted by molar-refractivity contribution is 6.04. The second-order valence-electron chi connectivity index (χ2n) is 7.14. The van der Waals surface area contributed by atoms with Gasteiger partial charge in [-0.1, -0.05) is 43.2 Å². The van der Waals surface area contributed by atoms with Gasteiger partial charge in [0.2, 0.25) is 0 Å². The first-order valence-corrected chi connectivity index (χ1v) is 9.88. The zero-order valence-corrected chi connectivity index (χ0v) is 16.1. The molecule has 1 aliphatic rings. The van der Waals surface area contributed by atoms with Crippen LogP contribution >= 0.6 is 0 Å². The van der Waals surface area contributed by atoms with Crippen molar-refractivity contribution in [1.29, 1.82) is 0 Å². The molecule has 1 saturated heterocycles. The Morgan fingerprint density at radius 3 is 2.41 bits per heavy atom. The molecule has 3 aromatic rings. The maximum absolute atomic E-state index is 12.4. The zero-order valence-electron chi connectivity index (χ0n) is 16.1. The first-order chi connectivity index (χ1) is 14.2. The number of carbonyl (C=O) groups excluding carboxylic acids is 1. The molecule has 2 N–H and O–H groups in total. The minimum atomic E-state index is -0.477. The SMILES string of the molecule is O=C(N/N=C\c1ccc(N2CCCCCC2)cc1)c1n[nH]c(=O)c2ccccc12. The van der Waals surface area contributed by atoms with Crippen molar-refractivity contribution < 1.29 is 4.79 Å². The number of rotatable bonds is 4. The largest absolute Gasteiger partial charge is 0.372 e. The molecule has 2 heterocycles. The summed E-state index contributed by atoms with van der Waals surface area (Å²) in [5.41, 5.74) is 4.40. The molecule has 7 heteroatoms. The number of carbonyl (C=O) groups is 1. The minimum Gasteiger partial charge on any atom is -0.372 e. The summed E-state index contributed by atoms with van der Waals surface area (Å²) in [5, 5.41) is 11.2. The third-order valence-corrected chi connectivity index (χ3v) is 5.16. The Hall–Kier alpha value is -3.48. The molecule has 1 aromatic heterocycles. The van der Waals surface area contributed by atoms with E-state index in [1.807, 2.05) is 12.1 Å². The van der Waals surface area contributed by atoms with Gasteiger partial charge in [-0.25, -0.2) is 10.5 Å². The number of amides is 1. The standard InChI is InChI=1S/C22H23N5O2/c28-21-19-8-4-3-7-18(19)20(24-26-21)22(29)25-23-15-16-9-11-17(12-10-16)27-13-5-1-2-6-14-27/h3-4,7-12,15H,1-2,5-6,13-14H2,(H,25,29)(H,26,28)/b23-15-. The van der Waals surface area contributed by atoms with Crippen LogP contribution in [-0.2, 0) is 0 Å². The highest BCUT2D eigenvalue weighted by Crippen LogP contribution is 2.19. The number of H-pyrrole nitrogens is 1. The quantitative estimate of drug-likeness (QED) is 0.530. The van der Waals surface area contributed by atoms with Crippen molar-refractivity contribution in [2.75, 3.05) is 18.0 Å². The van der Waals surface area contributed by atoms with Gasteiger partial charge in [0.05, 0.1) is 11.6 Å². The van der Waals surface area contributed by atoms with Crippen LogP contribution in [0.2, 0.25) is 0 Å². The van der Waals surface area contributed by atoms with Gasteiger partial charge in [-0.3, -0.25) is 9.59 Å². The topological polar surface area (TPSA) is 90.4 Å².